The van der Waals surface area contributed by atoms with Crippen molar-refractivity contribution >= 4 is 29.1 Å². The van der Waals surface area contributed by atoms with Crippen molar-refractivity contribution in [2.75, 3.05) is 0 Å². The summed E-state index contributed by atoms with van der Waals surface area (Å²) >= 11 is 11.8. The molecule has 0 aliphatic carbocycles. The lowest BCUT2D eigenvalue weighted by Gasteiger charge is -2.09. The van der Waals surface area contributed by atoms with Crippen molar-refractivity contribution in [3.05, 3.63) is 46.2 Å². The third-order valence-corrected chi connectivity index (χ3v) is 3.56. The summed E-state index contributed by atoms with van der Waals surface area (Å²) in [5.74, 6) is -0.528. The molecule has 1 aromatic carbocycles. The minimum absolute atomic E-state index is 0.0148. The van der Waals surface area contributed by atoms with E-state index in [9.17, 15) is 18.0 Å². The maximum Gasteiger partial charge on any atom is 0.418 e. The van der Waals surface area contributed by atoms with Gasteiger partial charge in [0.05, 0.1) is 15.6 Å². The Morgan fingerprint density at radius 3 is 2.35 bits per heavy atom. The molecule has 0 spiro atoms. The van der Waals surface area contributed by atoms with Gasteiger partial charge in [-0.15, -0.1) is 0 Å². The van der Waals surface area contributed by atoms with E-state index in [2.05, 4.69) is 0 Å². The van der Waals surface area contributed by atoms with Crippen molar-refractivity contribution in [1.82, 2.24) is 4.57 Å². The molecule has 0 fully saturated rings. The average molecular weight is 322 g/mol. The van der Waals surface area contributed by atoms with Gasteiger partial charge in [-0.05, 0) is 6.07 Å². The zero-order valence-electron chi connectivity index (χ0n) is 10.1. The molecule has 0 unspecified atom stereocenters. The molecule has 0 atom stereocenters. The van der Waals surface area contributed by atoms with Gasteiger partial charge in [-0.2, -0.15) is 13.2 Å². The number of aromatic nitrogens is 1. The van der Waals surface area contributed by atoms with Gasteiger partial charge < -0.3 is 0 Å². The second-order valence-corrected chi connectivity index (χ2v) is 4.90. The summed E-state index contributed by atoms with van der Waals surface area (Å²) in [6.07, 6.45) is -2.75. The number of hydrogen-bond donors (Lipinski definition) is 0. The first kappa shape index (κ1) is 14.9. The molecule has 7 heteroatoms. The topological polar surface area (TPSA) is 22.0 Å². The van der Waals surface area contributed by atoms with E-state index in [4.69, 9.17) is 23.2 Å². The predicted molar refractivity (Wildman–Crippen MR) is 71.2 cm³/mol. The van der Waals surface area contributed by atoms with Gasteiger partial charge in [0, 0.05) is 30.4 Å². The number of nitrogens with zero attached hydrogens (tertiary/aromatic N) is 1. The monoisotopic (exact) mass is 321 g/mol. The van der Waals surface area contributed by atoms with E-state index < -0.39 is 17.6 Å². The Morgan fingerprint density at radius 2 is 1.80 bits per heavy atom. The molecule has 106 valence electrons. The summed E-state index contributed by atoms with van der Waals surface area (Å²) in [6.45, 7) is 1.17. The standard InChI is InChI=1S/C13H8Cl2F3NO/c1-7(20)19-5-9(10(6-19)13(16,17)18)8-3-2-4-11(14)12(8)15/h2-6H,1H3. The number of carbonyl (C=O) groups is 1. The lowest BCUT2D eigenvalue weighted by atomic mass is 10.0. The van der Waals surface area contributed by atoms with E-state index >= 15 is 0 Å². The van der Waals surface area contributed by atoms with Crippen molar-refractivity contribution in [1.29, 1.82) is 0 Å². The van der Waals surface area contributed by atoms with Gasteiger partial charge in [0.1, 0.15) is 0 Å². The molecule has 2 aromatic rings. The SMILES string of the molecule is CC(=O)n1cc(-c2cccc(Cl)c2Cl)c(C(F)(F)F)c1. The van der Waals surface area contributed by atoms with Crippen molar-refractivity contribution in [3.63, 3.8) is 0 Å². The third kappa shape index (κ3) is 2.69. The smallest absolute Gasteiger partial charge is 0.294 e. The van der Waals surface area contributed by atoms with Gasteiger partial charge in [0.2, 0.25) is 5.91 Å². The fourth-order valence-corrected chi connectivity index (χ4v) is 2.19. The van der Waals surface area contributed by atoms with E-state index in [1.165, 1.54) is 25.1 Å². The highest BCUT2D eigenvalue weighted by Crippen LogP contribution is 2.41. The van der Waals surface area contributed by atoms with Crippen molar-refractivity contribution in [3.8, 4) is 11.1 Å². The van der Waals surface area contributed by atoms with Gasteiger partial charge in [0.15, 0.2) is 0 Å². The maximum atomic E-state index is 13.0. The largest absolute Gasteiger partial charge is 0.418 e. The Morgan fingerprint density at radius 1 is 1.15 bits per heavy atom. The van der Waals surface area contributed by atoms with E-state index in [1.807, 2.05) is 0 Å². The number of benzene rings is 1. The first-order valence-corrected chi connectivity index (χ1v) is 6.22. The lowest BCUT2D eigenvalue weighted by molar-refractivity contribution is -0.137. The van der Waals surface area contributed by atoms with Gasteiger partial charge >= 0.3 is 6.18 Å². The highest BCUT2D eigenvalue weighted by atomic mass is 35.5. The van der Waals surface area contributed by atoms with E-state index in [-0.39, 0.29) is 21.2 Å². The minimum Gasteiger partial charge on any atom is -0.294 e. The van der Waals surface area contributed by atoms with Crippen LogP contribution in [0.2, 0.25) is 10.0 Å². The molecule has 1 aromatic heterocycles. The van der Waals surface area contributed by atoms with Crippen LogP contribution >= 0.6 is 23.2 Å². The van der Waals surface area contributed by atoms with Gasteiger partial charge in [-0.1, -0.05) is 35.3 Å². The highest BCUT2D eigenvalue weighted by Gasteiger charge is 2.36. The van der Waals surface area contributed by atoms with Crippen molar-refractivity contribution in [2.45, 2.75) is 13.1 Å². The summed E-state index contributed by atoms with van der Waals surface area (Å²) in [5, 5.41) is 0.161. The fraction of sp³-hybridized carbons (Fsp3) is 0.154. The molecule has 1 heterocycles. The minimum atomic E-state index is -4.60. The van der Waals surface area contributed by atoms with Gasteiger partial charge in [-0.3, -0.25) is 9.36 Å². The molecule has 0 aliphatic heterocycles. The van der Waals surface area contributed by atoms with Crippen LogP contribution in [0.3, 0.4) is 0 Å². The van der Waals surface area contributed by atoms with E-state index in [0.717, 1.165) is 17.0 Å². The second-order valence-electron chi connectivity index (χ2n) is 4.11. The van der Waals surface area contributed by atoms with E-state index in [1.54, 1.807) is 0 Å². The Hall–Kier alpha value is -1.46. The van der Waals surface area contributed by atoms with Crippen LogP contribution in [0.1, 0.15) is 17.3 Å². The summed E-state index contributed by atoms with van der Waals surface area (Å²) < 4.78 is 40.0. The maximum absolute atomic E-state index is 13.0. The summed E-state index contributed by atoms with van der Waals surface area (Å²) in [6, 6.07) is 4.39. The van der Waals surface area contributed by atoms with Crippen molar-refractivity contribution in [2.24, 2.45) is 0 Å². The van der Waals surface area contributed by atoms with Crippen LogP contribution in [0.25, 0.3) is 11.1 Å². The third-order valence-electron chi connectivity index (χ3n) is 2.74. The van der Waals surface area contributed by atoms with Crippen LogP contribution in [0, 0.1) is 0 Å². The van der Waals surface area contributed by atoms with Crippen LogP contribution in [0.5, 0.6) is 0 Å². The molecule has 0 saturated heterocycles. The molecule has 0 radical (unpaired) electrons. The molecule has 0 amide bonds. The lowest BCUT2D eigenvalue weighted by Crippen LogP contribution is -2.06. The number of hydrogen-bond acceptors (Lipinski definition) is 1. The number of halogens is 5. The Kier molecular flexibility index (Phi) is 3.84. The first-order chi connectivity index (χ1) is 9.21. The van der Waals surface area contributed by atoms with Crippen LogP contribution in [-0.2, 0) is 6.18 Å². The van der Waals surface area contributed by atoms with Gasteiger partial charge in [-0.25, -0.2) is 0 Å². The predicted octanol–water partition coefficient (Wildman–Crippen LogP) is 5.14. The number of rotatable bonds is 1. The molecule has 0 N–H and O–H groups in total. The van der Waals surface area contributed by atoms with Crippen LogP contribution in [0.4, 0.5) is 13.2 Å². The zero-order chi connectivity index (χ0) is 15.1. The summed E-state index contributed by atoms with van der Waals surface area (Å²) in [7, 11) is 0. The zero-order valence-corrected chi connectivity index (χ0v) is 11.6. The molecular formula is C13H8Cl2F3NO. The number of carbonyl (C=O) groups excluding carboxylic acids is 1. The van der Waals surface area contributed by atoms with Gasteiger partial charge in [0.25, 0.3) is 0 Å². The quantitative estimate of drug-likeness (QED) is 0.712. The highest BCUT2D eigenvalue weighted by molar-refractivity contribution is 6.43. The molecule has 2 nitrogen and oxygen atoms in total. The summed E-state index contributed by atoms with van der Waals surface area (Å²) in [5.41, 5.74) is -0.983. The van der Waals surface area contributed by atoms with Crippen molar-refractivity contribution < 1.29 is 18.0 Å². The Bertz CT molecular complexity index is 677. The molecule has 2 rings (SSSR count). The molecule has 0 aliphatic rings. The second kappa shape index (κ2) is 5.14. The number of alkyl halides is 3. The normalized spacial score (nSPS) is 11.7. The van der Waals surface area contributed by atoms with Crippen LogP contribution in [-0.4, -0.2) is 10.5 Å². The van der Waals surface area contributed by atoms with Crippen LogP contribution in [0.15, 0.2) is 30.6 Å². The average Bonchev–Trinajstić information content (AvgIpc) is 2.77. The molecule has 20 heavy (non-hydrogen) atoms. The van der Waals surface area contributed by atoms with Crippen LogP contribution < -0.4 is 0 Å². The Labute approximate surface area is 122 Å². The van der Waals surface area contributed by atoms with E-state index in [0.29, 0.717) is 0 Å². The molecular weight excluding hydrogens is 314 g/mol. The fourth-order valence-electron chi connectivity index (χ4n) is 1.79. The molecule has 0 bridgehead atoms. The Balaban J connectivity index is 2.72. The first-order valence-electron chi connectivity index (χ1n) is 5.46. The summed E-state index contributed by atoms with van der Waals surface area (Å²) in [4.78, 5) is 11.3. The molecule has 0 saturated carbocycles.